The molecule has 2 aromatic carbocycles. The van der Waals surface area contributed by atoms with Crippen LogP contribution in [0.4, 0.5) is 0 Å². The topological polar surface area (TPSA) is 9.23 Å². The Morgan fingerprint density at radius 2 is 1.52 bits per heavy atom. The summed E-state index contributed by atoms with van der Waals surface area (Å²) >= 11 is 0. The fourth-order valence-electron chi connectivity index (χ4n) is 4.10. The van der Waals surface area contributed by atoms with Gasteiger partial charge in [0.1, 0.15) is 5.75 Å². The van der Waals surface area contributed by atoms with Crippen LogP contribution in [0.15, 0.2) is 60.2 Å². The Hall–Kier alpha value is -2.46. The standard InChI is InChI=1S/C30H38O/c1-3-5-7-8-9-25-10-12-26(13-11-25)14-15-27-16-18-28(19-17-27)29-20-22-30(23-21-29)31-24-6-4-2/h12,16-23,25H,3-11,13,24H2,1-2H3. The van der Waals surface area contributed by atoms with Gasteiger partial charge in [-0.1, -0.05) is 94.6 Å². The van der Waals surface area contributed by atoms with E-state index < -0.39 is 0 Å². The summed E-state index contributed by atoms with van der Waals surface area (Å²) in [4.78, 5) is 0. The van der Waals surface area contributed by atoms with E-state index in [0.717, 1.165) is 43.1 Å². The lowest BCUT2D eigenvalue weighted by atomic mass is 9.86. The highest BCUT2D eigenvalue weighted by Gasteiger charge is 2.13. The van der Waals surface area contributed by atoms with Crippen molar-refractivity contribution in [1.29, 1.82) is 0 Å². The van der Waals surface area contributed by atoms with Gasteiger partial charge in [0.05, 0.1) is 6.61 Å². The first-order valence-corrected chi connectivity index (χ1v) is 12.3. The second-order valence-corrected chi connectivity index (χ2v) is 8.77. The van der Waals surface area contributed by atoms with Crippen molar-refractivity contribution in [2.45, 2.75) is 78.1 Å². The molecule has 31 heavy (non-hydrogen) atoms. The lowest BCUT2D eigenvalue weighted by molar-refractivity contribution is 0.309. The molecule has 0 aliphatic heterocycles. The Kier molecular flexibility index (Phi) is 9.78. The Bertz CT molecular complexity index is 861. The molecule has 0 spiro atoms. The second kappa shape index (κ2) is 13.1. The van der Waals surface area contributed by atoms with Gasteiger partial charge in [-0.15, -0.1) is 0 Å². The van der Waals surface area contributed by atoms with Crippen LogP contribution in [0.25, 0.3) is 11.1 Å². The summed E-state index contributed by atoms with van der Waals surface area (Å²) in [6.45, 7) is 5.25. The summed E-state index contributed by atoms with van der Waals surface area (Å²) < 4.78 is 5.76. The van der Waals surface area contributed by atoms with Gasteiger partial charge in [-0.05, 0) is 72.6 Å². The first-order valence-electron chi connectivity index (χ1n) is 12.3. The SMILES string of the molecule is CCCCCCC1CC=C(C#Cc2ccc(-c3ccc(OCCCC)cc3)cc2)CC1. The summed E-state index contributed by atoms with van der Waals surface area (Å²) in [5, 5.41) is 0. The molecule has 1 aliphatic carbocycles. The van der Waals surface area contributed by atoms with Crippen LogP contribution >= 0.6 is 0 Å². The first kappa shape index (κ1) is 23.2. The molecule has 0 amide bonds. The summed E-state index contributed by atoms with van der Waals surface area (Å²) in [6.07, 6.45) is 15.2. The molecule has 0 radical (unpaired) electrons. The summed E-state index contributed by atoms with van der Waals surface area (Å²) in [6, 6.07) is 17.0. The minimum atomic E-state index is 0.791. The molecule has 3 rings (SSSR count). The van der Waals surface area contributed by atoms with Crippen molar-refractivity contribution in [3.05, 3.63) is 65.7 Å². The summed E-state index contributed by atoms with van der Waals surface area (Å²) in [5.41, 5.74) is 4.84. The molecular formula is C30H38O. The Morgan fingerprint density at radius 3 is 2.16 bits per heavy atom. The maximum atomic E-state index is 5.76. The summed E-state index contributed by atoms with van der Waals surface area (Å²) in [5.74, 6) is 8.62. The number of rotatable bonds is 10. The zero-order chi connectivity index (χ0) is 21.7. The number of allylic oxidation sites excluding steroid dienone is 2. The van der Waals surface area contributed by atoms with E-state index in [9.17, 15) is 0 Å². The highest BCUT2D eigenvalue weighted by molar-refractivity contribution is 5.65. The molecule has 0 aromatic heterocycles. The molecule has 1 unspecified atom stereocenters. The van der Waals surface area contributed by atoms with Crippen LogP contribution in [-0.2, 0) is 0 Å². The van der Waals surface area contributed by atoms with E-state index >= 15 is 0 Å². The average molecular weight is 415 g/mol. The van der Waals surface area contributed by atoms with E-state index in [0.29, 0.717) is 0 Å². The van der Waals surface area contributed by atoms with E-state index in [1.807, 2.05) is 0 Å². The lowest BCUT2D eigenvalue weighted by Crippen LogP contribution is -2.05. The first-order chi connectivity index (χ1) is 15.3. The third kappa shape index (κ3) is 7.95. The van der Waals surface area contributed by atoms with Crippen molar-refractivity contribution in [2.24, 2.45) is 5.92 Å². The van der Waals surface area contributed by atoms with E-state index in [4.69, 9.17) is 4.74 Å². The number of hydrogen-bond donors (Lipinski definition) is 0. The normalized spacial score (nSPS) is 15.7. The van der Waals surface area contributed by atoms with Crippen LogP contribution in [0.1, 0.15) is 83.6 Å². The minimum Gasteiger partial charge on any atom is -0.494 e. The zero-order valence-electron chi connectivity index (χ0n) is 19.5. The molecule has 0 saturated carbocycles. The largest absolute Gasteiger partial charge is 0.494 e. The average Bonchev–Trinajstić information content (AvgIpc) is 2.82. The van der Waals surface area contributed by atoms with Crippen LogP contribution < -0.4 is 4.74 Å². The molecular weight excluding hydrogens is 376 g/mol. The number of hydrogen-bond acceptors (Lipinski definition) is 1. The van der Waals surface area contributed by atoms with Gasteiger partial charge in [-0.25, -0.2) is 0 Å². The second-order valence-electron chi connectivity index (χ2n) is 8.77. The van der Waals surface area contributed by atoms with Crippen molar-refractivity contribution in [3.8, 4) is 28.7 Å². The van der Waals surface area contributed by atoms with Crippen molar-refractivity contribution in [3.63, 3.8) is 0 Å². The van der Waals surface area contributed by atoms with Gasteiger partial charge in [0.15, 0.2) is 0 Å². The van der Waals surface area contributed by atoms with Gasteiger partial charge < -0.3 is 4.74 Å². The molecule has 164 valence electrons. The minimum absolute atomic E-state index is 0.791. The maximum Gasteiger partial charge on any atom is 0.119 e. The van der Waals surface area contributed by atoms with Gasteiger partial charge in [0.2, 0.25) is 0 Å². The summed E-state index contributed by atoms with van der Waals surface area (Å²) in [7, 11) is 0. The molecule has 1 aliphatic rings. The monoisotopic (exact) mass is 414 g/mol. The molecule has 1 atom stereocenters. The highest BCUT2D eigenvalue weighted by Crippen LogP contribution is 2.28. The van der Waals surface area contributed by atoms with Crippen molar-refractivity contribution < 1.29 is 4.74 Å². The van der Waals surface area contributed by atoms with Crippen LogP contribution in [0.3, 0.4) is 0 Å². The highest BCUT2D eigenvalue weighted by atomic mass is 16.5. The molecule has 2 aromatic rings. The molecule has 0 saturated heterocycles. The van der Waals surface area contributed by atoms with Crippen LogP contribution in [-0.4, -0.2) is 6.61 Å². The van der Waals surface area contributed by atoms with Gasteiger partial charge in [-0.2, -0.15) is 0 Å². The van der Waals surface area contributed by atoms with E-state index in [2.05, 4.69) is 80.3 Å². The van der Waals surface area contributed by atoms with Crippen molar-refractivity contribution in [1.82, 2.24) is 0 Å². The molecule has 0 N–H and O–H groups in total. The fraction of sp³-hybridized carbons (Fsp3) is 0.467. The third-order valence-electron chi connectivity index (χ3n) is 6.19. The molecule has 1 nitrogen and oxygen atoms in total. The Morgan fingerprint density at radius 1 is 0.806 bits per heavy atom. The van der Waals surface area contributed by atoms with E-state index in [1.165, 1.54) is 61.6 Å². The van der Waals surface area contributed by atoms with Gasteiger partial charge in [0.25, 0.3) is 0 Å². The lowest BCUT2D eigenvalue weighted by Gasteiger charge is -2.19. The number of ether oxygens (including phenoxy) is 1. The van der Waals surface area contributed by atoms with Gasteiger partial charge in [-0.3, -0.25) is 0 Å². The fourth-order valence-corrected chi connectivity index (χ4v) is 4.10. The predicted octanol–water partition coefficient (Wildman–Crippen LogP) is 8.58. The predicted molar refractivity (Wildman–Crippen MR) is 133 cm³/mol. The number of benzene rings is 2. The number of unbranched alkanes of at least 4 members (excludes halogenated alkanes) is 4. The van der Waals surface area contributed by atoms with Crippen molar-refractivity contribution >= 4 is 0 Å². The molecule has 0 bridgehead atoms. The molecule has 0 heterocycles. The quantitative estimate of drug-likeness (QED) is 0.279. The van der Waals surface area contributed by atoms with Crippen LogP contribution in [0.5, 0.6) is 5.75 Å². The van der Waals surface area contributed by atoms with Gasteiger partial charge in [0, 0.05) is 5.56 Å². The molecule has 0 fully saturated rings. The zero-order valence-corrected chi connectivity index (χ0v) is 19.5. The van der Waals surface area contributed by atoms with Crippen LogP contribution in [0.2, 0.25) is 0 Å². The van der Waals surface area contributed by atoms with Gasteiger partial charge >= 0.3 is 0 Å². The maximum absolute atomic E-state index is 5.76. The Labute approximate surface area is 189 Å². The molecule has 1 heteroatoms. The van der Waals surface area contributed by atoms with Crippen molar-refractivity contribution in [2.75, 3.05) is 6.61 Å². The van der Waals surface area contributed by atoms with Crippen LogP contribution in [0, 0.1) is 17.8 Å². The van der Waals surface area contributed by atoms with E-state index in [-0.39, 0.29) is 0 Å². The third-order valence-corrected chi connectivity index (χ3v) is 6.19. The Balaban J connectivity index is 1.50. The van der Waals surface area contributed by atoms with E-state index in [1.54, 1.807) is 0 Å². The smallest absolute Gasteiger partial charge is 0.119 e.